The maximum Gasteiger partial charge on any atom is 0.338 e. The van der Waals surface area contributed by atoms with Crippen LogP contribution in [-0.4, -0.2) is 58.4 Å². The van der Waals surface area contributed by atoms with E-state index in [2.05, 4.69) is 5.32 Å². The van der Waals surface area contributed by atoms with Crippen LogP contribution in [-0.2, 0) is 19.6 Å². The van der Waals surface area contributed by atoms with Crippen molar-refractivity contribution in [1.29, 1.82) is 0 Å². The van der Waals surface area contributed by atoms with Crippen molar-refractivity contribution >= 4 is 33.3 Å². The maximum absolute atomic E-state index is 12.7. The Morgan fingerprint density at radius 1 is 1.07 bits per heavy atom. The summed E-state index contributed by atoms with van der Waals surface area (Å²) in [5.74, 6) is -1.24. The number of amides is 1. The predicted octanol–water partition coefficient (Wildman–Crippen LogP) is 2.33. The molecule has 1 saturated heterocycles. The van der Waals surface area contributed by atoms with E-state index in [1.54, 1.807) is 12.1 Å². The van der Waals surface area contributed by atoms with E-state index < -0.39 is 28.5 Å². The van der Waals surface area contributed by atoms with E-state index in [0.717, 1.165) is 18.5 Å². The molecule has 160 valence electrons. The summed E-state index contributed by atoms with van der Waals surface area (Å²) >= 11 is 0. The van der Waals surface area contributed by atoms with Gasteiger partial charge in [0, 0.05) is 38.6 Å². The number of nitrogens with zero attached hydrogens (tertiary/aromatic N) is 2. The smallest absolute Gasteiger partial charge is 0.338 e. The van der Waals surface area contributed by atoms with E-state index in [9.17, 15) is 18.0 Å². The second-order valence-electron chi connectivity index (χ2n) is 7.20. The maximum atomic E-state index is 12.7. The van der Waals surface area contributed by atoms with Crippen molar-refractivity contribution in [3.63, 3.8) is 0 Å². The Labute approximate surface area is 176 Å². The van der Waals surface area contributed by atoms with E-state index in [1.807, 2.05) is 31.1 Å². The van der Waals surface area contributed by atoms with Crippen LogP contribution in [0.15, 0.2) is 53.4 Å². The van der Waals surface area contributed by atoms with Crippen molar-refractivity contribution < 1.29 is 22.7 Å². The number of rotatable bonds is 7. The molecule has 1 aliphatic rings. The number of ether oxygens (including phenoxy) is 1. The van der Waals surface area contributed by atoms with E-state index in [4.69, 9.17) is 4.74 Å². The summed E-state index contributed by atoms with van der Waals surface area (Å²) in [4.78, 5) is 26.4. The largest absolute Gasteiger partial charge is 0.452 e. The molecule has 0 bridgehead atoms. The van der Waals surface area contributed by atoms with Crippen molar-refractivity contribution in [3.05, 3.63) is 54.1 Å². The zero-order valence-corrected chi connectivity index (χ0v) is 17.8. The van der Waals surface area contributed by atoms with Gasteiger partial charge in [-0.1, -0.05) is 6.07 Å². The molecule has 8 nitrogen and oxygen atoms in total. The van der Waals surface area contributed by atoms with Gasteiger partial charge in [0.15, 0.2) is 6.61 Å². The first-order chi connectivity index (χ1) is 14.3. The van der Waals surface area contributed by atoms with Gasteiger partial charge in [0.2, 0.25) is 10.0 Å². The first kappa shape index (κ1) is 21.8. The summed E-state index contributed by atoms with van der Waals surface area (Å²) in [6.45, 7) is 0.483. The molecule has 1 amide bonds. The number of carbonyl (C=O) groups excluding carboxylic acids is 2. The van der Waals surface area contributed by atoms with Gasteiger partial charge in [0.25, 0.3) is 5.91 Å². The zero-order chi connectivity index (χ0) is 21.7. The van der Waals surface area contributed by atoms with Crippen molar-refractivity contribution in [2.75, 3.05) is 44.0 Å². The van der Waals surface area contributed by atoms with E-state index in [0.29, 0.717) is 18.8 Å². The fourth-order valence-corrected chi connectivity index (χ4v) is 4.68. The number of benzene rings is 2. The lowest BCUT2D eigenvalue weighted by Crippen LogP contribution is -2.28. The fraction of sp³-hybridized carbons (Fsp3) is 0.333. The predicted molar refractivity (Wildman–Crippen MR) is 114 cm³/mol. The second kappa shape index (κ2) is 9.27. The number of hydrogen-bond donors (Lipinski definition) is 1. The molecule has 1 N–H and O–H groups in total. The topological polar surface area (TPSA) is 96.0 Å². The summed E-state index contributed by atoms with van der Waals surface area (Å²) in [6.07, 6.45) is 1.65. The molecule has 2 aromatic rings. The highest BCUT2D eigenvalue weighted by molar-refractivity contribution is 7.89. The molecular weight excluding hydrogens is 406 g/mol. The average Bonchev–Trinajstić information content (AvgIpc) is 3.28. The van der Waals surface area contributed by atoms with Crippen molar-refractivity contribution in [2.45, 2.75) is 17.7 Å². The summed E-state index contributed by atoms with van der Waals surface area (Å²) < 4.78 is 31.8. The second-order valence-corrected chi connectivity index (χ2v) is 9.14. The summed E-state index contributed by atoms with van der Waals surface area (Å²) in [5.41, 5.74) is 1.65. The monoisotopic (exact) mass is 431 g/mol. The summed E-state index contributed by atoms with van der Waals surface area (Å²) in [5, 5.41) is 2.65. The van der Waals surface area contributed by atoms with Crippen LogP contribution in [0, 0.1) is 0 Å². The van der Waals surface area contributed by atoms with E-state index in [-0.39, 0.29) is 10.5 Å². The molecule has 0 aliphatic carbocycles. The Morgan fingerprint density at radius 2 is 1.73 bits per heavy atom. The molecule has 0 atom stereocenters. The molecule has 0 spiro atoms. The van der Waals surface area contributed by atoms with Crippen LogP contribution in [0.3, 0.4) is 0 Å². The van der Waals surface area contributed by atoms with Crippen LogP contribution >= 0.6 is 0 Å². The normalized spacial score (nSPS) is 14.3. The third-order valence-corrected chi connectivity index (χ3v) is 6.67. The lowest BCUT2D eigenvalue weighted by molar-refractivity contribution is -0.119. The van der Waals surface area contributed by atoms with Crippen molar-refractivity contribution in [3.8, 4) is 0 Å². The highest BCUT2D eigenvalue weighted by atomic mass is 32.2. The molecule has 0 aromatic heterocycles. The molecule has 0 radical (unpaired) electrons. The molecule has 30 heavy (non-hydrogen) atoms. The highest BCUT2D eigenvalue weighted by Crippen LogP contribution is 2.22. The van der Waals surface area contributed by atoms with Crippen LogP contribution < -0.4 is 10.2 Å². The van der Waals surface area contributed by atoms with Crippen LogP contribution in [0.5, 0.6) is 0 Å². The highest BCUT2D eigenvalue weighted by Gasteiger charge is 2.27. The Balaban J connectivity index is 1.59. The Bertz CT molecular complexity index is 1010. The van der Waals surface area contributed by atoms with Crippen LogP contribution in [0.1, 0.15) is 23.2 Å². The lowest BCUT2D eigenvalue weighted by Gasteiger charge is -2.16. The minimum absolute atomic E-state index is 0.0456. The van der Waals surface area contributed by atoms with Gasteiger partial charge in [-0.25, -0.2) is 13.2 Å². The van der Waals surface area contributed by atoms with Crippen LogP contribution in [0.4, 0.5) is 11.4 Å². The molecule has 0 unspecified atom stereocenters. The number of hydrogen-bond acceptors (Lipinski definition) is 6. The van der Waals surface area contributed by atoms with Gasteiger partial charge in [0.05, 0.1) is 10.5 Å². The Kier molecular flexibility index (Phi) is 6.73. The first-order valence-electron chi connectivity index (χ1n) is 9.62. The standard InChI is InChI=1S/C21H25N3O5S/c1-23(2)18-10-8-17(9-11-18)22-20(25)15-29-21(26)16-6-5-7-19(14-16)30(27,28)24-12-3-4-13-24/h5-11,14H,3-4,12-13,15H2,1-2H3,(H,22,25). The SMILES string of the molecule is CN(C)c1ccc(NC(=O)COC(=O)c2cccc(S(=O)(=O)N3CCCC3)c2)cc1. The van der Waals surface area contributed by atoms with Gasteiger partial charge < -0.3 is 15.0 Å². The molecule has 9 heteroatoms. The minimum atomic E-state index is -3.63. The van der Waals surface area contributed by atoms with E-state index >= 15 is 0 Å². The number of carbonyl (C=O) groups is 2. The number of sulfonamides is 1. The van der Waals surface area contributed by atoms with Crippen molar-refractivity contribution in [2.24, 2.45) is 0 Å². The van der Waals surface area contributed by atoms with Gasteiger partial charge in [-0.2, -0.15) is 4.31 Å². The molecule has 0 saturated carbocycles. The number of anilines is 2. The van der Waals surface area contributed by atoms with Crippen molar-refractivity contribution in [1.82, 2.24) is 4.31 Å². The van der Waals surface area contributed by atoms with Crippen LogP contribution in [0.25, 0.3) is 0 Å². The molecule has 1 heterocycles. The molecule has 2 aromatic carbocycles. The average molecular weight is 432 g/mol. The van der Waals surface area contributed by atoms with Gasteiger partial charge >= 0.3 is 5.97 Å². The van der Waals surface area contributed by atoms with Gasteiger partial charge in [-0.05, 0) is 55.3 Å². The molecular formula is C21H25N3O5S. The summed E-state index contributed by atoms with van der Waals surface area (Å²) in [7, 11) is 0.197. The van der Waals surface area contributed by atoms with Gasteiger partial charge in [-0.15, -0.1) is 0 Å². The molecule has 3 rings (SSSR count). The lowest BCUT2D eigenvalue weighted by atomic mass is 10.2. The number of esters is 1. The summed E-state index contributed by atoms with van der Waals surface area (Å²) in [6, 6.07) is 12.9. The van der Waals surface area contributed by atoms with Gasteiger partial charge in [0.1, 0.15) is 0 Å². The quantitative estimate of drug-likeness (QED) is 0.676. The van der Waals surface area contributed by atoms with Crippen LogP contribution in [0.2, 0.25) is 0 Å². The fourth-order valence-electron chi connectivity index (χ4n) is 3.12. The van der Waals surface area contributed by atoms with Gasteiger partial charge in [-0.3, -0.25) is 4.79 Å². The number of nitrogens with one attached hydrogen (secondary N) is 1. The third-order valence-electron chi connectivity index (χ3n) is 4.77. The molecule has 1 aliphatic heterocycles. The molecule has 1 fully saturated rings. The Morgan fingerprint density at radius 3 is 2.37 bits per heavy atom. The minimum Gasteiger partial charge on any atom is -0.452 e. The first-order valence-corrected chi connectivity index (χ1v) is 11.1. The third kappa shape index (κ3) is 5.17. The van der Waals surface area contributed by atoms with E-state index in [1.165, 1.54) is 28.6 Å². The Hall–Kier alpha value is -2.91. The zero-order valence-electron chi connectivity index (χ0n) is 17.0.